The van der Waals surface area contributed by atoms with Crippen LogP contribution in [0.3, 0.4) is 0 Å². The monoisotopic (exact) mass is 264 g/mol. The lowest BCUT2D eigenvalue weighted by atomic mass is 9.98. The van der Waals surface area contributed by atoms with E-state index in [0.717, 1.165) is 0 Å². The summed E-state index contributed by atoms with van der Waals surface area (Å²) in [6.45, 7) is 5.28. The molecule has 1 saturated heterocycles. The van der Waals surface area contributed by atoms with Crippen LogP contribution in [0, 0.1) is 5.92 Å². The van der Waals surface area contributed by atoms with Crippen LogP contribution in [0.15, 0.2) is 0 Å². The second-order valence-electron chi connectivity index (χ2n) is 3.93. The molecule has 0 atom stereocenters. The summed E-state index contributed by atoms with van der Waals surface area (Å²) in [5.41, 5.74) is 5.25. The van der Waals surface area contributed by atoms with Crippen LogP contribution in [0.4, 0.5) is 0 Å². The van der Waals surface area contributed by atoms with Gasteiger partial charge in [-0.15, -0.1) is 0 Å². The summed E-state index contributed by atoms with van der Waals surface area (Å²) in [7, 11) is -3.17. The third-order valence-corrected chi connectivity index (χ3v) is 5.07. The van der Waals surface area contributed by atoms with E-state index in [9.17, 15) is 9.36 Å². The molecule has 6 nitrogen and oxygen atoms in total. The molecular weight excluding hydrogens is 243 g/mol. The Bertz CT molecular complexity index is 293. The second kappa shape index (κ2) is 6.50. The minimum absolute atomic E-state index is 0.122. The van der Waals surface area contributed by atoms with Gasteiger partial charge in [-0.3, -0.25) is 13.8 Å². The number of nitrogens with two attached hydrogens (primary N) is 1. The van der Waals surface area contributed by atoms with Gasteiger partial charge in [0.2, 0.25) is 5.91 Å². The van der Waals surface area contributed by atoms with Crippen LogP contribution in [-0.2, 0) is 18.4 Å². The van der Waals surface area contributed by atoms with Crippen LogP contribution >= 0.6 is 7.75 Å². The van der Waals surface area contributed by atoms with E-state index in [4.69, 9.17) is 14.8 Å². The molecule has 1 fully saturated rings. The molecule has 0 aromatic heterocycles. The number of hydrogen-bond acceptors (Lipinski definition) is 4. The van der Waals surface area contributed by atoms with Crippen molar-refractivity contribution in [1.29, 1.82) is 0 Å². The molecule has 2 N–H and O–H groups in total. The van der Waals surface area contributed by atoms with Crippen molar-refractivity contribution in [1.82, 2.24) is 4.67 Å². The third kappa shape index (κ3) is 3.78. The van der Waals surface area contributed by atoms with E-state index in [1.807, 2.05) is 0 Å². The lowest BCUT2D eigenvalue weighted by Crippen LogP contribution is -2.37. The maximum atomic E-state index is 12.4. The Morgan fingerprint density at radius 1 is 1.29 bits per heavy atom. The molecule has 1 amide bonds. The zero-order valence-electron chi connectivity index (χ0n) is 10.4. The number of rotatable bonds is 6. The Balaban J connectivity index is 2.60. The lowest BCUT2D eigenvalue weighted by molar-refractivity contribution is -0.122. The molecule has 0 aliphatic carbocycles. The van der Waals surface area contributed by atoms with E-state index in [2.05, 4.69) is 0 Å². The number of hydrogen-bond donors (Lipinski definition) is 1. The molecule has 1 heterocycles. The molecule has 0 spiro atoms. The summed E-state index contributed by atoms with van der Waals surface area (Å²) >= 11 is 0. The van der Waals surface area contributed by atoms with Crippen molar-refractivity contribution < 1.29 is 18.4 Å². The van der Waals surface area contributed by atoms with Crippen LogP contribution in [-0.4, -0.2) is 36.9 Å². The van der Waals surface area contributed by atoms with E-state index in [0.29, 0.717) is 39.1 Å². The van der Waals surface area contributed by atoms with Crippen LogP contribution in [0.5, 0.6) is 0 Å². The first-order chi connectivity index (χ1) is 8.03. The van der Waals surface area contributed by atoms with E-state index >= 15 is 0 Å². The maximum absolute atomic E-state index is 12.4. The van der Waals surface area contributed by atoms with Gasteiger partial charge in [-0.05, 0) is 26.7 Å². The SMILES string of the molecule is CCOP(=O)(OCC)N1CCC(C(N)=O)CC1. The van der Waals surface area contributed by atoms with E-state index < -0.39 is 7.75 Å². The summed E-state index contributed by atoms with van der Waals surface area (Å²) in [6.07, 6.45) is 1.22. The first-order valence-corrected chi connectivity index (χ1v) is 7.47. The van der Waals surface area contributed by atoms with Crippen molar-refractivity contribution in [3.8, 4) is 0 Å². The minimum atomic E-state index is -3.17. The highest BCUT2D eigenvalue weighted by Crippen LogP contribution is 2.53. The summed E-state index contributed by atoms with van der Waals surface area (Å²) < 4.78 is 24.6. The Hall–Kier alpha value is -0.420. The molecule has 17 heavy (non-hydrogen) atoms. The quantitative estimate of drug-likeness (QED) is 0.732. The van der Waals surface area contributed by atoms with Gasteiger partial charge in [0.05, 0.1) is 13.2 Å². The number of primary amides is 1. The zero-order valence-corrected chi connectivity index (χ0v) is 11.3. The number of carbonyl (C=O) groups excluding carboxylic acids is 1. The first kappa shape index (κ1) is 14.6. The van der Waals surface area contributed by atoms with E-state index in [1.165, 1.54) is 0 Å². The van der Waals surface area contributed by atoms with Crippen molar-refractivity contribution in [2.24, 2.45) is 11.7 Å². The molecule has 1 aliphatic heterocycles. The Kier molecular flexibility index (Phi) is 5.59. The van der Waals surface area contributed by atoms with Crippen LogP contribution in [0.1, 0.15) is 26.7 Å². The highest BCUT2D eigenvalue weighted by atomic mass is 31.2. The molecule has 1 rings (SSSR count). The number of nitrogens with zero attached hydrogens (tertiary/aromatic N) is 1. The third-order valence-electron chi connectivity index (χ3n) is 2.80. The predicted molar refractivity (Wildman–Crippen MR) is 64.3 cm³/mol. The summed E-state index contributed by atoms with van der Waals surface area (Å²) in [4.78, 5) is 11.0. The van der Waals surface area contributed by atoms with Crippen molar-refractivity contribution >= 4 is 13.7 Å². The largest absolute Gasteiger partial charge is 0.408 e. The van der Waals surface area contributed by atoms with Crippen molar-refractivity contribution in [2.75, 3.05) is 26.3 Å². The van der Waals surface area contributed by atoms with Gasteiger partial charge in [-0.25, -0.2) is 9.24 Å². The number of amides is 1. The molecule has 0 radical (unpaired) electrons. The van der Waals surface area contributed by atoms with E-state index in [1.54, 1.807) is 18.5 Å². The van der Waals surface area contributed by atoms with Crippen molar-refractivity contribution in [3.63, 3.8) is 0 Å². The van der Waals surface area contributed by atoms with Crippen LogP contribution < -0.4 is 5.73 Å². The van der Waals surface area contributed by atoms with Gasteiger partial charge < -0.3 is 5.73 Å². The van der Waals surface area contributed by atoms with Gasteiger partial charge in [0.15, 0.2) is 0 Å². The van der Waals surface area contributed by atoms with Crippen LogP contribution in [0.2, 0.25) is 0 Å². The number of carbonyl (C=O) groups is 1. The molecule has 0 aromatic rings. The fourth-order valence-electron chi connectivity index (χ4n) is 1.92. The molecule has 1 aliphatic rings. The molecule has 0 saturated carbocycles. The summed E-state index contributed by atoms with van der Waals surface area (Å²) in [5, 5.41) is 0. The zero-order chi connectivity index (χ0) is 12.9. The minimum Gasteiger partial charge on any atom is -0.369 e. The van der Waals surface area contributed by atoms with Gasteiger partial charge in [0.25, 0.3) is 0 Å². The first-order valence-electron chi connectivity index (χ1n) is 5.97. The molecule has 0 aromatic carbocycles. The highest BCUT2D eigenvalue weighted by molar-refractivity contribution is 7.51. The predicted octanol–water partition coefficient (Wildman–Crippen LogP) is 1.36. The fraction of sp³-hybridized carbons (Fsp3) is 0.900. The standard InChI is InChI=1S/C10H21N2O4P/c1-3-15-17(14,16-4-2)12-7-5-9(6-8-12)10(11)13/h9H,3-8H2,1-2H3,(H2,11,13). The van der Waals surface area contributed by atoms with E-state index in [-0.39, 0.29) is 11.8 Å². The Labute approximate surface area is 102 Å². The summed E-state index contributed by atoms with van der Waals surface area (Å²) in [5.74, 6) is -0.407. The normalized spacial score (nSPS) is 19.4. The van der Waals surface area contributed by atoms with Gasteiger partial charge in [-0.2, -0.15) is 0 Å². The van der Waals surface area contributed by atoms with Crippen LogP contribution in [0.25, 0.3) is 0 Å². The van der Waals surface area contributed by atoms with Gasteiger partial charge in [-0.1, -0.05) is 0 Å². The summed E-state index contributed by atoms with van der Waals surface area (Å²) in [6, 6.07) is 0. The Morgan fingerprint density at radius 2 is 1.76 bits per heavy atom. The lowest BCUT2D eigenvalue weighted by Gasteiger charge is -2.34. The molecule has 100 valence electrons. The molecular formula is C10H21N2O4P. The average Bonchev–Trinajstić information content (AvgIpc) is 2.30. The molecule has 7 heteroatoms. The topological polar surface area (TPSA) is 81.9 Å². The molecule has 0 bridgehead atoms. The Morgan fingerprint density at radius 3 is 2.12 bits per heavy atom. The van der Waals surface area contributed by atoms with Crippen molar-refractivity contribution in [3.05, 3.63) is 0 Å². The van der Waals surface area contributed by atoms with Crippen molar-refractivity contribution in [2.45, 2.75) is 26.7 Å². The fourth-order valence-corrected chi connectivity index (χ4v) is 3.70. The van der Waals surface area contributed by atoms with Gasteiger partial charge in [0.1, 0.15) is 0 Å². The second-order valence-corrected chi connectivity index (χ2v) is 5.95. The highest BCUT2D eigenvalue weighted by Gasteiger charge is 2.36. The average molecular weight is 264 g/mol. The smallest absolute Gasteiger partial charge is 0.369 e. The van der Waals surface area contributed by atoms with Gasteiger partial charge in [0, 0.05) is 19.0 Å². The van der Waals surface area contributed by atoms with Gasteiger partial charge >= 0.3 is 7.75 Å². The maximum Gasteiger partial charge on any atom is 0.408 e. The molecule has 0 unspecified atom stereocenters. The number of piperidine rings is 1.